The van der Waals surface area contributed by atoms with Gasteiger partial charge in [0.2, 0.25) is 0 Å². The van der Waals surface area contributed by atoms with E-state index in [1.54, 1.807) is 16.7 Å². The highest BCUT2D eigenvalue weighted by Crippen LogP contribution is 2.14. The van der Waals surface area contributed by atoms with Gasteiger partial charge in [0, 0.05) is 48.8 Å². The van der Waals surface area contributed by atoms with Gasteiger partial charge in [-0.05, 0) is 37.2 Å². The van der Waals surface area contributed by atoms with Crippen LogP contribution in [-0.2, 0) is 13.1 Å². The molecular weight excluding hydrogens is 368 g/mol. The molecule has 0 saturated carbocycles. The van der Waals surface area contributed by atoms with E-state index in [-0.39, 0.29) is 5.56 Å². The molecule has 1 aliphatic heterocycles. The van der Waals surface area contributed by atoms with E-state index in [2.05, 4.69) is 26.9 Å². The lowest BCUT2D eigenvalue weighted by Gasteiger charge is -2.21. The van der Waals surface area contributed by atoms with Crippen molar-refractivity contribution in [2.45, 2.75) is 19.5 Å². The van der Waals surface area contributed by atoms with Crippen LogP contribution >= 0.6 is 22.9 Å². The molecular formula is C19H21ClN4OS. The molecule has 0 bridgehead atoms. The maximum Gasteiger partial charge on any atom is 0.258 e. The molecule has 7 heteroatoms. The van der Waals surface area contributed by atoms with Crippen LogP contribution in [0.1, 0.15) is 17.7 Å². The van der Waals surface area contributed by atoms with Crippen LogP contribution in [0.5, 0.6) is 0 Å². The summed E-state index contributed by atoms with van der Waals surface area (Å²) >= 11 is 7.47. The van der Waals surface area contributed by atoms with Crippen molar-refractivity contribution in [3.63, 3.8) is 0 Å². The summed E-state index contributed by atoms with van der Waals surface area (Å²) in [6.07, 6.45) is 2.90. The third kappa shape index (κ3) is 4.15. The molecule has 1 aliphatic rings. The SMILES string of the molecule is O=c1cc(CN2CCCN(Cc3ccc(Cl)cc3)CC2)nc2sccn12. The van der Waals surface area contributed by atoms with Crippen LogP contribution in [0.4, 0.5) is 0 Å². The van der Waals surface area contributed by atoms with Crippen LogP contribution in [-0.4, -0.2) is 45.4 Å². The van der Waals surface area contributed by atoms with Crippen LogP contribution in [0.3, 0.4) is 0 Å². The van der Waals surface area contributed by atoms with Crippen molar-refractivity contribution in [1.29, 1.82) is 0 Å². The van der Waals surface area contributed by atoms with E-state index < -0.39 is 0 Å². The van der Waals surface area contributed by atoms with Crippen molar-refractivity contribution < 1.29 is 0 Å². The van der Waals surface area contributed by atoms with Gasteiger partial charge in [0.1, 0.15) is 0 Å². The highest BCUT2D eigenvalue weighted by Gasteiger charge is 2.16. The maximum absolute atomic E-state index is 12.1. The monoisotopic (exact) mass is 388 g/mol. The average Bonchev–Trinajstić information content (AvgIpc) is 3.00. The van der Waals surface area contributed by atoms with Gasteiger partial charge < -0.3 is 0 Å². The zero-order chi connectivity index (χ0) is 17.9. The van der Waals surface area contributed by atoms with Crippen LogP contribution < -0.4 is 5.56 Å². The molecule has 0 amide bonds. The average molecular weight is 389 g/mol. The summed E-state index contributed by atoms with van der Waals surface area (Å²) in [6, 6.07) is 9.76. The number of hydrogen-bond donors (Lipinski definition) is 0. The van der Waals surface area contributed by atoms with Crippen molar-refractivity contribution in [3.05, 3.63) is 68.5 Å². The molecule has 26 heavy (non-hydrogen) atoms. The Morgan fingerprint density at radius 3 is 2.54 bits per heavy atom. The fourth-order valence-corrected chi connectivity index (χ4v) is 4.25. The van der Waals surface area contributed by atoms with Crippen molar-refractivity contribution in [2.24, 2.45) is 0 Å². The Labute approximate surface area is 161 Å². The Hall–Kier alpha value is -1.73. The maximum atomic E-state index is 12.1. The summed E-state index contributed by atoms with van der Waals surface area (Å²) in [5, 5.41) is 2.68. The Kier molecular flexibility index (Phi) is 5.36. The van der Waals surface area contributed by atoms with E-state index in [1.807, 2.05) is 17.5 Å². The van der Waals surface area contributed by atoms with Crippen molar-refractivity contribution >= 4 is 27.9 Å². The summed E-state index contributed by atoms with van der Waals surface area (Å²) in [7, 11) is 0. The zero-order valence-corrected chi connectivity index (χ0v) is 16.0. The largest absolute Gasteiger partial charge is 0.298 e. The number of thiazole rings is 1. The quantitative estimate of drug-likeness (QED) is 0.688. The van der Waals surface area contributed by atoms with E-state index in [9.17, 15) is 4.79 Å². The summed E-state index contributed by atoms with van der Waals surface area (Å²) in [5.74, 6) is 0. The molecule has 1 fully saturated rings. The van der Waals surface area contributed by atoms with Crippen molar-refractivity contribution in [2.75, 3.05) is 26.2 Å². The summed E-state index contributed by atoms with van der Waals surface area (Å²) in [5.41, 5.74) is 2.16. The fourth-order valence-electron chi connectivity index (χ4n) is 3.39. The highest BCUT2D eigenvalue weighted by molar-refractivity contribution is 7.15. The lowest BCUT2D eigenvalue weighted by Crippen LogP contribution is -2.31. The molecule has 2 aromatic heterocycles. The third-order valence-electron chi connectivity index (χ3n) is 4.74. The number of benzene rings is 1. The van der Waals surface area contributed by atoms with E-state index in [4.69, 9.17) is 11.6 Å². The van der Waals surface area contributed by atoms with Crippen LogP contribution in [0.15, 0.2) is 46.7 Å². The standard InChI is InChI=1S/C19H21ClN4OS/c20-16-4-2-15(3-5-16)13-22-6-1-7-23(9-8-22)14-17-12-18(25)24-10-11-26-19(24)21-17/h2-5,10-12H,1,6-9,13-14H2. The van der Waals surface area contributed by atoms with E-state index in [0.29, 0.717) is 0 Å². The molecule has 136 valence electrons. The minimum atomic E-state index is 0.00503. The van der Waals surface area contributed by atoms with Gasteiger partial charge in [-0.25, -0.2) is 4.98 Å². The number of hydrogen-bond acceptors (Lipinski definition) is 5. The molecule has 0 radical (unpaired) electrons. The van der Waals surface area contributed by atoms with Crippen LogP contribution in [0, 0.1) is 0 Å². The second kappa shape index (κ2) is 7.88. The van der Waals surface area contributed by atoms with Gasteiger partial charge in [0.05, 0.1) is 5.69 Å². The minimum absolute atomic E-state index is 0.00503. The molecule has 3 aromatic rings. The predicted molar refractivity (Wildman–Crippen MR) is 106 cm³/mol. The minimum Gasteiger partial charge on any atom is -0.298 e. The Balaban J connectivity index is 1.38. The summed E-state index contributed by atoms with van der Waals surface area (Å²) < 4.78 is 1.60. The first-order valence-electron chi connectivity index (χ1n) is 8.82. The molecule has 0 unspecified atom stereocenters. The van der Waals surface area contributed by atoms with E-state index in [0.717, 1.165) is 61.4 Å². The van der Waals surface area contributed by atoms with Crippen LogP contribution in [0.25, 0.3) is 4.96 Å². The first-order chi connectivity index (χ1) is 12.7. The number of fused-ring (bicyclic) bond motifs is 1. The Morgan fingerprint density at radius 2 is 1.77 bits per heavy atom. The summed E-state index contributed by atoms with van der Waals surface area (Å²) in [6.45, 7) is 5.80. The molecule has 0 spiro atoms. The van der Waals surface area contributed by atoms with Gasteiger partial charge in [-0.1, -0.05) is 23.7 Å². The Morgan fingerprint density at radius 1 is 1.04 bits per heavy atom. The Bertz CT molecular complexity index is 937. The molecule has 3 heterocycles. The van der Waals surface area contributed by atoms with Gasteiger partial charge >= 0.3 is 0 Å². The van der Waals surface area contributed by atoms with E-state index >= 15 is 0 Å². The lowest BCUT2D eigenvalue weighted by molar-refractivity contribution is 0.245. The second-order valence-corrected chi connectivity index (χ2v) is 7.98. The normalized spacial score (nSPS) is 16.8. The molecule has 1 aromatic carbocycles. The van der Waals surface area contributed by atoms with Gasteiger partial charge in [-0.15, -0.1) is 11.3 Å². The topological polar surface area (TPSA) is 40.9 Å². The first-order valence-corrected chi connectivity index (χ1v) is 10.1. The fraction of sp³-hybridized carbons (Fsp3) is 0.368. The molecule has 0 aliphatic carbocycles. The van der Waals surface area contributed by atoms with Gasteiger partial charge in [0.15, 0.2) is 4.96 Å². The smallest absolute Gasteiger partial charge is 0.258 e. The molecule has 0 atom stereocenters. The summed E-state index contributed by atoms with van der Waals surface area (Å²) in [4.78, 5) is 22.4. The van der Waals surface area contributed by atoms with Gasteiger partial charge in [-0.3, -0.25) is 19.0 Å². The highest BCUT2D eigenvalue weighted by atomic mass is 35.5. The number of halogens is 1. The van der Waals surface area contributed by atoms with Crippen LogP contribution in [0.2, 0.25) is 5.02 Å². The van der Waals surface area contributed by atoms with Crippen molar-refractivity contribution in [3.8, 4) is 0 Å². The lowest BCUT2D eigenvalue weighted by atomic mass is 10.2. The van der Waals surface area contributed by atoms with Gasteiger partial charge in [-0.2, -0.15) is 0 Å². The van der Waals surface area contributed by atoms with Gasteiger partial charge in [0.25, 0.3) is 5.56 Å². The predicted octanol–water partition coefficient (Wildman–Crippen LogP) is 3.12. The number of nitrogens with zero attached hydrogens (tertiary/aromatic N) is 4. The van der Waals surface area contributed by atoms with E-state index in [1.165, 1.54) is 16.9 Å². The number of aromatic nitrogens is 2. The molecule has 1 saturated heterocycles. The number of rotatable bonds is 4. The third-order valence-corrected chi connectivity index (χ3v) is 5.75. The first kappa shape index (κ1) is 17.7. The zero-order valence-electron chi connectivity index (χ0n) is 14.5. The molecule has 0 N–H and O–H groups in total. The molecule has 4 rings (SSSR count). The molecule has 5 nitrogen and oxygen atoms in total. The second-order valence-electron chi connectivity index (χ2n) is 6.67. The van der Waals surface area contributed by atoms with Crippen molar-refractivity contribution in [1.82, 2.24) is 19.2 Å².